The molecule has 3 rings (SSSR count). The van der Waals surface area contributed by atoms with Crippen molar-refractivity contribution in [2.24, 2.45) is 11.8 Å². The van der Waals surface area contributed by atoms with Crippen LogP contribution in [0.2, 0.25) is 0 Å². The van der Waals surface area contributed by atoms with Gasteiger partial charge in [-0.3, -0.25) is 19.7 Å². The number of hydrogen-bond donors (Lipinski definition) is 2. The lowest BCUT2D eigenvalue weighted by Crippen LogP contribution is -2.33. The van der Waals surface area contributed by atoms with Crippen molar-refractivity contribution in [1.29, 1.82) is 0 Å². The van der Waals surface area contributed by atoms with Crippen LogP contribution in [-0.4, -0.2) is 55.0 Å². The molecule has 2 saturated heterocycles. The summed E-state index contributed by atoms with van der Waals surface area (Å²) >= 11 is 0. The van der Waals surface area contributed by atoms with Crippen LogP contribution in [0.15, 0.2) is 18.2 Å². The van der Waals surface area contributed by atoms with Gasteiger partial charge in [-0.2, -0.15) is 0 Å². The number of benzene rings is 1. The van der Waals surface area contributed by atoms with Crippen molar-refractivity contribution in [2.75, 3.05) is 26.2 Å². The third-order valence-corrected chi connectivity index (χ3v) is 5.33. The Morgan fingerprint density at radius 3 is 1.52 bits per heavy atom. The summed E-state index contributed by atoms with van der Waals surface area (Å²) < 4.78 is 9.73. The lowest BCUT2D eigenvalue weighted by molar-refractivity contribution is -0.384. The summed E-state index contributed by atoms with van der Waals surface area (Å²) in [6.07, 6.45) is 2.05. The second-order valence-corrected chi connectivity index (χ2v) is 7.49. The molecule has 2 aliphatic rings. The molecule has 0 amide bonds. The van der Waals surface area contributed by atoms with Gasteiger partial charge < -0.3 is 20.1 Å². The summed E-state index contributed by atoms with van der Waals surface area (Å²) in [5.41, 5.74) is -1.26. The number of ether oxygens (including phenoxy) is 2. The highest BCUT2D eigenvalue weighted by Crippen LogP contribution is 2.22. The smallest absolute Gasteiger partial charge is 0.346 e. The molecule has 166 valence electrons. The van der Waals surface area contributed by atoms with Gasteiger partial charge in [0.25, 0.3) is 5.69 Å². The van der Waals surface area contributed by atoms with Gasteiger partial charge in [0.1, 0.15) is 0 Å². The van der Waals surface area contributed by atoms with Gasteiger partial charge in [0, 0.05) is 12.1 Å². The number of piperidine rings is 2. The first-order valence-electron chi connectivity index (χ1n) is 10.1. The van der Waals surface area contributed by atoms with Crippen LogP contribution >= 0.6 is 0 Å². The first-order valence-corrected chi connectivity index (χ1v) is 10.1. The summed E-state index contributed by atoms with van der Waals surface area (Å²) in [6, 6.07) is 2.83. The van der Waals surface area contributed by atoms with E-state index in [9.17, 15) is 29.3 Å². The first-order chi connectivity index (χ1) is 14.8. The number of esters is 4. The zero-order chi connectivity index (χ0) is 22.4. The molecule has 0 spiro atoms. The van der Waals surface area contributed by atoms with E-state index in [1.54, 1.807) is 0 Å². The molecule has 0 aliphatic carbocycles. The van der Waals surface area contributed by atoms with E-state index in [1.807, 2.05) is 0 Å². The molecule has 2 N–H and O–H groups in total. The number of hydrogen-bond acceptors (Lipinski definition) is 10. The van der Waals surface area contributed by atoms with Crippen LogP contribution in [0.1, 0.15) is 46.4 Å². The normalized spacial score (nSPS) is 17.5. The minimum Gasteiger partial charge on any atom is -0.389 e. The Morgan fingerprint density at radius 1 is 0.774 bits per heavy atom. The van der Waals surface area contributed by atoms with E-state index in [0.29, 0.717) is 51.9 Å². The predicted octanol–water partition coefficient (Wildman–Crippen LogP) is 0.961. The molecule has 1 aromatic carbocycles. The lowest BCUT2D eigenvalue weighted by Gasteiger charge is -2.20. The second kappa shape index (κ2) is 10.2. The summed E-state index contributed by atoms with van der Waals surface area (Å²) in [4.78, 5) is 59.7. The molecule has 2 aliphatic heterocycles. The highest BCUT2D eigenvalue weighted by Gasteiger charge is 2.29. The third-order valence-electron chi connectivity index (χ3n) is 5.33. The summed E-state index contributed by atoms with van der Waals surface area (Å²) in [5.74, 6) is -4.55. The first kappa shape index (κ1) is 22.5. The van der Waals surface area contributed by atoms with E-state index in [2.05, 4.69) is 10.6 Å². The van der Waals surface area contributed by atoms with E-state index in [4.69, 9.17) is 9.47 Å². The van der Waals surface area contributed by atoms with Gasteiger partial charge in [-0.15, -0.1) is 0 Å². The fraction of sp³-hybridized carbons (Fsp3) is 0.500. The molecule has 0 radical (unpaired) electrons. The molecule has 1 aromatic rings. The van der Waals surface area contributed by atoms with Crippen molar-refractivity contribution in [1.82, 2.24) is 10.6 Å². The predicted molar refractivity (Wildman–Crippen MR) is 105 cm³/mol. The second-order valence-electron chi connectivity index (χ2n) is 7.49. The monoisotopic (exact) mass is 433 g/mol. The molecule has 2 fully saturated rings. The number of rotatable bonds is 5. The summed E-state index contributed by atoms with van der Waals surface area (Å²) in [6.45, 7) is 2.47. The van der Waals surface area contributed by atoms with Crippen LogP contribution < -0.4 is 10.6 Å². The van der Waals surface area contributed by atoms with Crippen LogP contribution in [0, 0.1) is 22.0 Å². The third kappa shape index (κ3) is 5.92. The van der Waals surface area contributed by atoms with Gasteiger partial charge in [0.05, 0.1) is 27.9 Å². The van der Waals surface area contributed by atoms with Crippen molar-refractivity contribution in [2.45, 2.75) is 25.7 Å². The van der Waals surface area contributed by atoms with Crippen LogP contribution in [-0.2, 0) is 19.1 Å². The molecule has 0 saturated carbocycles. The minimum atomic E-state index is -1.11. The fourth-order valence-electron chi connectivity index (χ4n) is 3.53. The van der Waals surface area contributed by atoms with E-state index in [1.165, 1.54) is 0 Å². The fourth-order valence-corrected chi connectivity index (χ4v) is 3.53. The number of nitro benzene ring substituents is 1. The van der Waals surface area contributed by atoms with Crippen LogP contribution in [0.25, 0.3) is 0 Å². The Hall–Kier alpha value is -3.18. The van der Waals surface area contributed by atoms with Crippen LogP contribution in [0.5, 0.6) is 0 Å². The van der Waals surface area contributed by atoms with E-state index < -0.39 is 46.3 Å². The van der Waals surface area contributed by atoms with E-state index in [-0.39, 0.29) is 11.1 Å². The zero-order valence-corrected chi connectivity index (χ0v) is 16.8. The van der Waals surface area contributed by atoms with Crippen LogP contribution in [0.4, 0.5) is 5.69 Å². The van der Waals surface area contributed by atoms with Crippen molar-refractivity contribution < 1.29 is 33.6 Å². The lowest BCUT2D eigenvalue weighted by atomic mass is 9.98. The average molecular weight is 433 g/mol. The maximum Gasteiger partial charge on any atom is 0.346 e. The maximum absolute atomic E-state index is 12.4. The topological polar surface area (TPSA) is 154 Å². The SMILES string of the molecule is O=C(OC(=O)C1CCNCC1)c1cc(C(=O)OC(=O)C2CCNCC2)cc([N+](=O)[O-])c1. The Kier molecular flexibility index (Phi) is 7.42. The van der Waals surface area contributed by atoms with Crippen molar-refractivity contribution in [3.63, 3.8) is 0 Å². The van der Waals surface area contributed by atoms with Gasteiger partial charge in [-0.25, -0.2) is 9.59 Å². The molecular weight excluding hydrogens is 410 g/mol. The van der Waals surface area contributed by atoms with Gasteiger partial charge in [0.2, 0.25) is 0 Å². The quantitative estimate of drug-likeness (QED) is 0.297. The highest BCUT2D eigenvalue weighted by molar-refractivity contribution is 6.02. The van der Waals surface area contributed by atoms with Gasteiger partial charge in [0.15, 0.2) is 0 Å². The Bertz CT molecular complexity index is 826. The molecule has 11 heteroatoms. The molecule has 0 bridgehead atoms. The summed E-state index contributed by atoms with van der Waals surface area (Å²) in [5, 5.41) is 17.4. The molecule has 2 heterocycles. The average Bonchev–Trinajstić information content (AvgIpc) is 2.79. The van der Waals surface area contributed by atoms with Crippen molar-refractivity contribution >= 4 is 29.6 Å². The molecule has 0 unspecified atom stereocenters. The van der Waals surface area contributed by atoms with E-state index >= 15 is 0 Å². The number of nitro groups is 1. The van der Waals surface area contributed by atoms with Crippen molar-refractivity contribution in [3.05, 3.63) is 39.4 Å². The van der Waals surface area contributed by atoms with Gasteiger partial charge >= 0.3 is 23.9 Å². The molecular formula is C20H23N3O8. The number of carbonyl (C=O) groups is 4. The number of non-ortho nitro benzene ring substituents is 1. The molecule has 0 atom stereocenters. The highest BCUT2D eigenvalue weighted by atomic mass is 16.6. The minimum absolute atomic E-state index is 0.349. The molecule has 31 heavy (non-hydrogen) atoms. The Morgan fingerprint density at radius 2 is 1.16 bits per heavy atom. The number of nitrogens with one attached hydrogen (secondary N) is 2. The standard InChI is InChI=1S/C20H23N3O8/c24-17(12-1-5-21-6-2-12)30-19(26)14-9-15(11-16(10-14)23(28)29)20(27)31-18(25)13-3-7-22-8-4-13/h9-13,21-22H,1-8H2. The summed E-state index contributed by atoms with van der Waals surface area (Å²) in [7, 11) is 0. The van der Waals surface area contributed by atoms with Crippen molar-refractivity contribution in [3.8, 4) is 0 Å². The number of nitrogens with zero attached hydrogens (tertiary/aromatic N) is 1. The molecule has 11 nitrogen and oxygen atoms in total. The Labute approximate surface area is 177 Å². The molecule has 0 aromatic heterocycles. The Balaban J connectivity index is 1.74. The zero-order valence-electron chi connectivity index (χ0n) is 16.8. The van der Waals surface area contributed by atoms with Gasteiger partial charge in [-0.1, -0.05) is 0 Å². The maximum atomic E-state index is 12.4. The van der Waals surface area contributed by atoms with Crippen LogP contribution in [0.3, 0.4) is 0 Å². The number of carbonyl (C=O) groups excluding carboxylic acids is 4. The largest absolute Gasteiger partial charge is 0.389 e. The van der Waals surface area contributed by atoms with Gasteiger partial charge in [-0.05, 0) is 57.9 Å². The van der Waals surface area contributed by atoms with E-state index in [0.717, 1.165) is 18.2 Å².